The Balaban J connectivity index is 2.24. The minimum Gasteiger partial charge on any atom is -0.296 e. The highest BCUT2D eigenvalue weighted by Gasteiger charge is 2.19. The molecule has 0 unspecified atom stereocenters. The predicted octanol–water partition coefficient (Wildman–Crippen LogP) is 1.59. The zero-order valence-electron chi connectivity index (χ0n) is 7.47. The molecule has 2 heterocycles. The Morgan fingerprint density at radius 3 is 3.07 bits per heavy atom. The van der Waals surface area contributed by atoms with Crippen molar-refractivity contribution < 1.29 is 4.79 Å². The van der Waals surface area contributed by atoms with Crippen molar-refractivity contribution in [1.82, 2.24) is 9.78 Å². The van der Waals surface area contributed by atoms with E-state index in [1.807, 2.05) is 28.9 Å². The van der Waals surface area contributed by atoms with Crippen LogP contribution in [0.3, 0.4) is 0 Å². The second-order valence-corrected chi connectivity index (χ2v) is 3.40. The van der Waals surface area contributed by atoms with Crippen LogP contribution < -0.4 is 0 Å². The molecule has 1 aliphatic rings. The van der Waals surface area contributed by atoms with Gasteiger partial charge in [0.15, 0.2) is 6.29 Å². The van der Waals surface area contributed by atoms with Crippen molar-refractivity contribution in [3.05, 3.63) is 47.3 Å². The molecule has 1 aromatic carbocycles. The molecule has 0 amide bonds. The molecular weight excluding hydrogens is 176 g/mol. The summed E-state index contributed by atoms with van der Waals surface area (Å²) >= 11 is 0. The lowest BCUT2D eigenvalue weighted by Crippen LogP contribution is -1.94. The van der Waals surface area contributed by atoms with Crippen LogP contribution in [-0.4, -0.2) is 16.1 Å². The van der Waals surface area contributed by atoms with E-state index in [4.69, 9.17) is 0 Å². The van der Waals surface area contributed by atoms with Gasteiger partial charge in [0, 0.05) is 12.1 Å². The Morgan fingerprint density at radius 1 is 1.36 bits per heavy atom. The van der Waals surface area contributed by atoms with Crippen LogP contribution in [0.15, 0.2) is 30.3 Å². The summed E-state index contributed by atoms with van der Waals surface area (Å²) in [6.07, 6.45) is 1.66. The average Bonchev–Trinajstić information content (AvgIpc) is 2.73. The Labute approximate surface area is 81.0 Å². The Morgan fingerprint density at radius 2 is 2.21 bits per heavy atom. The van der Waals surface area contributed by atoms with Crippen molar-refractivity contribution in [1.29, 1.82) is 0 Å². The van der Waals surface area contributed by atoms with Crippen LogP contribution in [0.25, 0.3) is 5.69 Å². The number of fused-ring (bicyclic) bond motifs is 3. The zero-order valence-corrected chi connectivity index (χ0v) is 7.47. The Kier molecular flexibility index (Phi) is 1.36. The monoisotopic (exact) mass is 184 g/mol. The highest BCUT2D eigenvalue weighted by atomic mass is 16.1. The van der Waals surface area contributed by atoms with E-state index in [-0.39, 0.29) is 0 Å². The number of hydrogen-bond acceptors (Lipinski definition) is 2. The number of rotatable bonds is 1. The summed E-state index contributed by atoms with van der Waals surface area (Å²) in [4.78, 5) is 10.5. The molecule has 0 fully saturated rings. The van der Waals surface area contributed by atoms with E-state index in [1.165, 1.54) is 5.56 Å². The zero-order chi connectivity index (χ0) is 9.54. The molecule has 0 saturated heterocycles. The third kappa shape index (κ3) is 0.865. The van der Waals surface area contributed by atoms with Gasteiger partial charge in [-0.3, -0.25) is 4.79 Å². The number of nitrogens with zero attached hydrogens (tertiary/aromatic N) is 2. The van der Waals surface area contributed by atoms with E-state index < -0.39 is 0 Å². The highest BCUT2D eigenvalue weighted by molar-refractivity contribution is 5.72. The number of para-hydroxylation sites is 1. The fourth-order valence-corrected chi connectivity index (χ4v) is 1.89. The fourth-order valence-electron chi connectivity index (χ4n) is 1.89. The number of carbonyl (C=O) groups excluding carboxylic acids is 1. The van der Waals surface area contributed by atoms with Gasteiger partial charge in [-0.2, -0.15) is 5.10 Å². The average molecular weight is 184 g/mol. The molecule has 0 spiro atoms. The molecule has 14 heavy (non-hydrogen) atoms. The van der Waals surface area contributed by atoms with E-state index >= 15 is 0 Å². The van der Waals surface area contributed by atoms with Crippen LogP contribution in [0.4, 0.5) is 0 Å². The number of hydrogen-bond donors (Lipinski definition) is 0. The molecular formula is C11H8N2O. The van der Waals surface area contributed by atoms with Crippen LogP contribution >= 0.6 is 0 Å². The number of aromatic nitrogens is 2. The molecule has 68 valence electrons. The summed E-state index contributed by atoms with van der Waals surface area (Å²) in [7, 11) is 0. The van der Waals surface area contributed by atoms with Crippen molar-refractivity contribution in [2.45, 2.75) is 6.42 Å². The van der Waals surface area contributed by atoms with E-state index in [1.54, 1.807) is 0 Å². The van der Waals surface area contributed by atoms with Crippen molar-refractivity contribution >= 4 is 6.29 Å². The first-order valence-corrected chi connectivity index (χ1v) is 4.51. The quantitative estimate of drug-likeness (QED) is 0.538. The minimum atomic E-state index is 0.509. The van der Waals surface area contributed by atoms with Crippen LogP contribution in [0, 0.1) is 0 Å². The summed E-state index contributed by atoms with van der Waals surface area (Å²) in [6, 6.07) is 9.95. The first kappa shape index (κ1) is 7.50. The molecule has 0 N–H and O–H groups in total. The maximum Gasteiger partial charge on any atom is 0.170 e. The van der Waals surface area contributed by atoms with E-state index in [9.17, 15) is 4.79 Å². The molecule has 3 rings (SSSR count). The SMILES string of the molecule is O=Cc1cc2n(n1)-c1ccccc1C2. The van der Waals surface area contributed by atoms with Crippen LogP contribution in [0.1, 0.15) is 21.7 Å². The first-order chi connectivity index (χ1) is 6.88. The van der Waals surface area contributed by atoms with Crippen molar-refractivity contribution in [3.63, 3.8) is 0 Å². The summed E-state index contributed by atoms with van der Waals surface area (Å²) in [5.41, 5.74) is 3.96. The first-order valence-electron chi connectivity index (χ1n) is 4.51. The van der Waals surface area contributed by atoms with Gasteiger partial charge in [-0.05, 0) is 17.7 Å². The van der Waals surface area contributed by atoms with Crippen molar-refractivity contribution in [2.24, 2.45) is 0 Å². The maximum atomic E-state index is 10.5. The molecule has 3 nitrogen and oxygen atoms in total. The molecule has 2 aromatic rings. The van der Waals surface area contributed by atoms with Gasteiger partial charge in [-0.15, -0.1) is 0 Å². The fraction of sp³-hybridized carbons (Fsp3) is 0.0909. The van der Waals surface area contributed by atoms with Crippen molar-refractivity contribution in [3.8, 4) is 5.69 Å². The van der Waals surface area contributed by atoms with Gasteiger partial charge < -0.3 is 0 Å². The summed E-state index contributed by atoms with van der Waals surface area (Å²) in [5, 5.41) is 4.20. The van der Waals surface area contributed by atoms with Crippen molar-refractivity contribution in [2.75, 3.05) is 0 Å². The third-order valence-electron chi connectivity index (χ3n) is 2.51. The maximum absolute atomic E-state index is 10.5. The lowest BCUT2D eigenvalue weighted by Gasteiger charge is -1.98. The molecule has 1 aliphatic heterocycles. The Hall–Kier alpha value is -1.90. The van der Waals surface area contributed by atoms with Gasteiger partial charge in [-0.25, -0.2) is 4.68 Å². The van der Waals surface area contributed by atoms with E-state index in [0.29, 0.717) is 5.69 Å². The number of benzene rings is 1. The van der Waals surface area contributed by atoms with Crippen LogP contribution in [-0.2, 0) is 6.42 Å². The van der Waals surface area contributed by atoms with Gasteiger partial charge in [0.05, 0.1) is 5.69 Å². The summed E-state index contributed by atoms with van der Waals surface area (Å²) in [6.45, 7) is 0. The van der Waals surface area contributed by atoms with Gasteiger partial charge in [-0.1, -0.05) is 18.2 Å². The molecule has 3 heteroatoms. The second kappa shape index (κ2) is 2.54. The minimum absolute atomic E-state index is 0.509. The molecule has 0 radical (unpaired) electrons. The van der Waals surface area contributed by atoms with E-state index in [2.05, 4.69) is 11.2 Å². The topological polar surface area (TPSA) is 34.9 Å². The summed E-state index contributed by atoms with van der Waals surface area (Å²) < 4.78 is 1.85. The Bertz CT molecular complexity index is 514. The lowest BCUT2D eigenvalue weighted by atomic mass is 10.1. The standard InChI is InChI=1S/C11H8N2O/c14-7-9-6-10-5-8-3-1-2-4-11(8)13(10)12-9/h1-4,6-7H,5H2. The predicted molar refractivity (Wildman–Crippen MR) is 51.8 cm³/mol. The van der Waals surface area contributed by atoms with Gasteiger partial charge >= 0.3 is 0 Å². The summed E-state index contributed by atoms with van der Waals surface area (Å²) in [5.74, 6) is 0. The smallest absolute Gasteiger partial charge is 0.170 e. The van der Waals surface area contributed by atoms with Crippen LogP contribution in [0.5, 0.6) is 0 Å². The normalized spacial score (nSPS) is 12.3. The molecule has 0 bridgehead atoms. The number of aldehydes is 1. The van der Waals surface area contributed by atoms with E-state index in [0.717, 1.165) is 24.1 Å². The largest absolute Gasteiger partial charge is 0.296 e. The molecule has 0 saturated carbocycles. The molecule has 0 aliphatic carbocycles. The highest BCUT2D eigenvalue weighted by Crippen LogP contribution is 2.26. The third-order valence-corrected chi connectivity index (χ3v) is 2.51. The lowest BCUT2D eigenvalue weighted by molar-refractivity contribution is 0.111. The van der Waals surface area contributed by atoms with Crippen LogP contribution in [0.2, 0.25) is 0 Å². The van der Waals surface area contributed by atoms with Gasteiger partial charge in [0.25, 0.3) is 0 Å². The van der Waals surface area contributed by atoms with Gasteiger partial charge in [0.1, 0.15) is 5.69 Å². The molecule has 1 aromatic heterocycles. The molecule has 0 atom stereocenters. The second-order valence-electron chi connectivity index (χ2n) is 3.40. The number of carbonyl (C=O) groups is 1. The van der Waals surface area contributed by atoms with Gasteiger partial charge in [0.2, 0.25) is 0 Å².